The molecule has 0 spiro atoms. The number of ether oxygens (including phenoxy) is 1. The van der Waals surface area contributed by atoms with E-state index in [1.54, 1.807) is 4.68 Å². The SMILES string of the molecule is CCc1nn(C)c(COc2cc(C)ccc2C(C)N)c1Cl. The molecule has 0 radical (unpaired) electrons. The number of hydrogen-bond acceptors (Lipinski definition) is 3. The molecule has 0 amide bonds. The van der Waals surface area contributed by atoms with E-state index >= 15 is 0 Å². The molecule has 2 rings (SSSR count). The van der Waals surface area contributed by atoms with Crippen molar-refractivity contribution in [3.05, 3.63) is 45.7 Å². The van der Waals surface area contributed by atoms with Crippen molar-refractivity contribution in [2.45, 2.75) is 39.8 Å². The molecule has 114 valence electrons. The molecule has 0 bridgehead atoms. The predicted octanol–water partition coefficient (Wildman–Crippen LogP) is 3.54. The zero-order valence-corrected chi connectivity index (χ0v) is 13.7. The van der Waals surface area contributed by atoms with Crippen molar-refractivity contribution in [3.63, 3.8) is 0 Å². The third-order valence-corrected chi connectivity index (χ3v) is 3.96. The van der Waals surface area contributed by atoms with E-state index in [-0.39, 0.29) is 6.04 Å². The lowest BCUT2D eigenvalue weighted by atomic mass is 10.1. The summed E-state index contributed by atoms with van der Waals surface area (Å²) >= 11 is 6.34. The summed E-state index contributed by atoms with van der Waals surface area (Å²) in [5.74, 6) is 0.806. The van der Waals surface area contributed by atoms with Gasteiger partial charge in [-0.2, -0.15) is 5.10 Å². The smallest absolute Gasteiger partial charge is 0.131 e. The first kappa shape index (κ1) is 15.9. The van der Waals surface area contributed by atoms with E-state index in [1.807, 2.05) is 46.0 Å². The van der Waals surface area contributed by atoms with Crippen LogP contribution in [0.15, 0.2) is 18.2 Å². The van der Waals surface area contributed by atoms with Crippen LogP contribution in [-0.4, -0.2) is 9.78 Å². The summed E-state index contributed by atoms with van der Waals surface area (Å²) in [6.07, 6.45) is 0.808. The van der Waals surface area contributed by atoms with Crippen molar-refractivity contribution < 1.29 is 4.74 Å². The molecule has 0 aliphatic heterocycles. The summed E-state index contributed by atoms with van der Waals surface area (Å²) in [7, 11) is 1.88. The Bertz CT molecular complexity index is 635. The van der Waals surface area contributed by atoms with E-state index < -0.39 is 0 Å². The van der Waals surface area contributed by atoms with Crippen LogP contribution in [0.4, 0.5) is 0 Å². The van der Waals surface area contributed by atoms with Crippen LogP contribution in [0.1, 0.15) is 42.4 Å². The van der Waals surface area contributed by atoms with E-state index in [1.165, 1.54) is 0 Å². The molecular formula is C16H22ClN3O. The fraction of sp³-hybridized carbons (Fsp3) is 0.438. The first-order valence-corrected chi connectivity index (χ1v) is 7.51. The maximum absolute atomic E-state index is 6.34. The molecule has 1 unspecified atom stereocenters. The highest BCUT2D eigenvalue weighted by atomic mass is 35.5. The Morgan fingerprint density at radius 2 is 2.14 bits per heavy atom. The molecular weight excluding hydrogens is 286 g/mol. The lowest BCUT2D eigenvalue weighted by Crippen LogP contribution is -2.09. The van der Waals surface area contributed by atoms with Crippen LogP contribution in [0, 0.1) is 6.92 Å². The molecule has 2 N–H and O–H groups in total. The van der Waals surface area contributed by atoms with Gasteiger partial charge in [-0.25, -0.2) is 0 Å². The molecule has 0 saturated heterocycles. The van der Waals surface area contributed by atoms with Gasteiger partial charge in [0.2, 0.25) is 0 Å². The quantitative estimate of drug-likeness (QED) is 0.919. The number of aryl methyl sites for hydroxylation is 3. The summed E-state index contributed by atoms with van der Waals surface area (Å²) in [5.41, 5.74) is 9.91. The second-order valence-electron chi connectivity index (χ2n) is 5.30. The molecule has 5 heteroatoms. The number of benzene rings is 1. The van der Waals surface area contributed by atoms with Gasteiger partial charge in [0.05, 0.1) is 16.4 Å². The van der Waals surface area contributed by atoms with Crippen LogP contribution in [0.25, 0.3) is 0 Å². The molecule has 0 aliphatic carbocycles. The van der Waals surface area contributed by atoms with Gasteiger partial charge in [-0.3, -0.25) is 4.68 Å². The topological polar surface area (TPSA) is 53.1 Å². The van der Waals surface area contributed by atoms with Gasteiger partial charge in [-0.15, -0.1) is 0 Å². The monoisotopic (exact) mass is 307 g/mol. The summed E-state index contributed by atoms with van der Waals surface area (Å²) in [5, 5.41) is 5.09. The summed E-state index contributed by atoms with van der Waals surface area (Å²) in [6.45, 7) is 6.40. The highest BCUT2D eigenvalue weighted by molar-refractivity contribution is 6.31. The molecule has 1 aromatic carbocycles. The second-order valence-corrected chi connectivity index (χ2v) is 5.68. The van der Waals surface area contributed by atoms with Crippen LogP contribution >= 0.6 is 11.6 Å². The highest BCUT2D eigenvalue weighted by Crippen LogP contribution is 2.28. The Hall–Kier alpha value is -1.52. The Morgan fingerprint density at radius 3 is 2.71 bits per heavy atom. The molecule has 0 aliphatic rings. The average molecular weight is 308 g/mol. The van der Waals surface area contributed by atoms with Crippen LogP contribution in [0.2, 0.25) is 5.02 Å². The minimum atomic E-state index is -0.0752. The minimum absolute atomic E-state index is 0.0752. The third kappa shape index (κ3) is 3.39. The van der Waals surface area contributed by atoms with E-state index in [0.29, 0.717) is 11.6 Å². The van der Waals surface area contributed by atoms with Gasteiger partial charge in [-0.1, -0.05) is 30.7 Å². The Kier molecular flexibility index (Phi) is 4.91. The fourth-order valence-electron chi connectivity index (χ4n) is 2.27. The number of rotatable bonds is 5. The average Bonchev–Trinajstić information content (AvgIpc) is 2.71. The Morgan fingerprint density at radius 1 is 1.43 bits per heavy atom. The van der Waals surface area contributed by atoms with Gasteiger partial charge in [-0.05, 0) is 31.9 Å². The molecule has 1 aromatic heterocycles. The number of aromatic nitrogens is 2. The summed E-state index contributed by atoms with van der Waals surface area (Å²) in [4.78, 5) is 0. The number of nitrogens with zero attached hydrogens (tertiary/aromatic N) is 2. The van der Waals surface area contributed by atoms with Gasteiger partial charge in [0, 0.05) is 18.7 Å². The highest BCUT2D eigenvalue weighted by Gasteiger charge is 2.15. The molecule has 1 atom stereocenters. The molecule has 2 aromatic rings. The molecule has 4 nitrogen and oxygen atoms in total. The van der Waals surface area contributed by atoms with E-state index in [0.717, 1.165) is 34.7 Å². The summed E-state index contributed by atoms with van der Waals surface area (Å²) in [6, 6.07) is 5.98. The van der Waals surface area contributed by atoms with Gasteiger partial charge in [0.25, 0.3) is 0 Å². The standard InChI is InChI=1S/C16H22ClN3O/c1-5-13-16(17)14(20(4)19-13)9-21-15-8-10(2)6-7-12(15)11(3)18/h6-8,11H,5,9,18H2,1-4H3. The fourth-order valence-corrected chi connectivity index (χ4v) is 2.61. The van der Waals surface area contributed by atoms with Crippen molar-refractivity contribution in [2.24, 2.45) is 12.8 Å². The van der Waals surface area contributed by atoms with Crippen LogP contribution < -0.4 is 10.5 Å². The van der Waals surface area contributed by atoms with Crippen molar-refractivity contribution >= 4 is 11.6 Å². The van der Waals surface area contributed by atoms with Crippen LogP contribution in [0.5, 0.6) is 5.75 Å². The molecule has 0 saturated carbocycles. The zero-order valence-electron chi connectivity index (χ0n) is 13.0. The lowest BCUT2D eigenvalue weighted by molar-refractivity contribution is 0.290. The van der Waals surface area contributed by atoms with Gasteiger partial charge < -0.3 is 10.5 Å². The maximum Gasteiger partial charge on any atom is 0.131 e. The van der Waals surface area contributed by atoms with Crippen LogP contribution in [0.3, 0.4) is 0 Å². The lowest BCUT2D eigenvalue weighted by Gasteiger charge is -2.15. The first-order chi connectivity index (χ1) is 9.93. The second kappa shape index (κ2) is 6.50. The largest absolute Gasteiger partial charge is 0.487 e. The third-order valence-electron chi connectivity index (χ3n) is 3.53. The number of nitrogens with two attached hydrogens (primary N) is 1. The van der Waals surface area contributed by atoms with E-state index in [9.17, 15) is 0 Å². The van der Waals surface area contributed by atoms with Crippen molar-refractivity contribution in [1.82, 2.24) is 9.78 Å². The maximum atomic E-state index is 6.34. The Labute approximate surface area is 130 Å². The van der Waals surface area contributed by atoms with Gasteiger partial charge >= 0.3 is 0 Å². The number of hydrogen-bond donors (Lipinski definition) is 1. The normalized spacial score (nSPS) is 12.5. The van der Waals surface area contributed by atoms with E-state index in [2.05, 4.69) is 5.10 Å². The van der Waals surface area contributed by atoms with Gasteiger partial charge in [0.1, 0.15) is 12.4 Å². The molecule has 21 heavy (non-hydrogen) atoms. The van der Waals surface area contributed by atoms with Gasteiger partial charge in [0.15, 0.2) is 0 Å². The molecule has 1 heterocycles. The number of halogens is 1. The van der Waals surface area contributed by atoms with Crippen molar-refractivity contribution in [1.29, 1.82) is 0 Å². The van der Waals surface area contributed by atoms with Crippen LogP contribution in [-0.2, 0) is 20.1 Å². The van der Waals surface area contributed by atoms with Crippen molar-refractivity contribution in [3.8, 4) is 5.75 Å². The first-order valence-electron chi connectivity index (χ1n) is 7.13. The van der Waals surface area contributed by atoms with E-state index in [4.69, 9.17) is 22.1 Å². The minimum Gasteiger partial charge on any atom is -0.487 e. The zero-order chi connectivity index (χ0) is 15.6. The van der Waals surface area contributed by atoms with Crippen molar-refractivity contribution in [2.75, 3.05) is 0 Å². The summed E-state index contributed by atoms with van der Waals surface area (Å²) < 4.78 is 7.74. The Balaban J connectivity index is 2.24. The molecule has 0 fully saturated rings. The predicted molar refractivity (Wildman–Crippen MR) is 85.7 cm³/mol.